The van der Waals surface area contributed by atoms with Crippen molar-refractivity contribution in [2.75, 3.05) is 6.61 Å². The van der Waals surface area contributed by atoms with E-state index < -0.39 is 14.3 Å². The van der Waals surface area contributed by atoms with E-state index in [0.717, 1.165) is 0 Å². The molecule has 0 aliphatic carbocycles. The molecule has 0 N–H and O–H groups in total. The summed E-state index contributed by atoms with van der Waals surface area (Å²) in [5, 5.41) is 3.96. The van der Waals surface area contributed by atoms with Crippen molar-refractivity contribution in [3.8, 4) is 12.3 Å². The smallest absolute Gasteiger partial charge is 0.369 e. The van der Waals surface area contributed by atoms with E-state index in [1.54, 1.807) is 6.92 Å². The van der Waals surface area contributed by atoms with Crippen molar-refractivity contribution in [3.63, 3.8) is 0 Å². The van der Waals surface area contributed by atoms with E-state index in [0.29, 0.717) is 16.6 Å². The monoisotopic (exact) mass is 297 g/mol. The van der Waals surface area contributed by atoms with E-state index >= 15 is 0 Å². The van der Waals surface area contributed by atoms with Crippen molar-refractivity contribution >= 4 is 20.0 Å². The number of esters is 1. The van der Waals surface area contributed by atoms with Crippen LogP contribution >= 0.6 is 0 Å². The van der Waals surface area contributed by atoms with Gasteiger partial charge in [0.2, 0.25) is 5.71 Å². The largest absolute Gasteiger partial charge is 0.461 e. The summed E-state index contributed by atoms with van der Waals surface area (Å²) in [4.78, 5) is 11.6. The van der Waals surface area contributed by atoms with Gasteiger partial charge in [-0.25, -0.2) is 4.79 Å². The molecule has 114 valence electrons. The van der Waals surface area contributed by atoms with Gasteiger partial charge in [0.1, 0.15) is 0 Å². The Morgan fingerprint density at radius 3 is 1.90 bits per heavy atom. The van der Waals surface area contributed by atoms with Gasteiger partial charge in [-0.3, -0.25) is 0 Å². The number of oxime groups is 1. The molecule has 0 saturated carbocycles. The molecule has 0 aromatic rings. The van der Waals surface area contributed by atoms with Crippen LogP contribution in [0.1, 0.15) is 48.5 Å². The molecule has 0 rings (SSSR count). The Morgan fingerprint density at radius 2 is 1.60 bits per heavy atom. The lowest BCUT2D eigenvalue weighted by Gasteiger charge is -2.39. The molecular weight excluding hydrogens is 270 g/mol. The van der Waals surface area contributed by atoms with Gasteiger partial charge in [0, 0.05) is 0 Å². The van der Waals surface area contributed by atoms with Gasteiger partial charge in [0.25, 0.3) is 8.32 Å². The van der Waals surface area contributed by atoms with Gasteiger partial charge in [-0.15, -0.1) is 6.42 Å². The molecule has 0 saturated heterocycles. The van der Waals surface area contributed by atoms with Crippen molar-refractivity contribution in [2.45, 2.75) is 65.1 Å². The molecule has 20 heavy (non-hydrogen) atoms. The van der Waals surface area contributed by atoms with Crippen LogP contribution in [-0.2, 0) is 14.1 Å². The number of terminal acetylenes is 1. The zero-order valence-electron chi connectivity index (χ0n) is 13.7. The second-order valence-electron chi connectivity index (χ2n) is 5.71. The van der Waals surface area contributed by atoms with Gasteiger partial charge >= 0.3 is 5.97 Å². The number of ether oxygens (including phenoxy) is 1. The first kappa shape index (κ1) is 18.7. The molecule has 0 unspecified atom stereocenters. The summed E-state index contributed by atoms with van der Waals surface area (Å²) in [6, 6.07) is 0. The quantitative estimate of drug-likeness (QED) is 0.236. The highest BCUT2D eigenvalue weighted by Gasteiger charge is 2.48. The fraction of sp³-hybridized carbons (Fsp3) is 0.733. The molecule has 0 bridgehead atoms. The van der Waals surface area contributed by atoms with Crippen LogP contribution in [0, 0.1) is 12.3 Å². The lowest BCUT2D eigenvalue weighted by molar-refractivity contribution is -0.135. The van der Waals surface area contributed by atoms with Crippen LogP contribution in [0.2, 0.25) is 16.6 Å². The van der Waals surface area contributed by atoms with Crippen LogP contribution in [0.3, 0.4) is 0 Å². The number of rotatable bonds is 7. The number of hydrogen-bond donors (Lipinski definition) is 0. The molecule has 0 fully saturated rings. The van der Waals surface area contributed by atoms with Crippen molar-refractivity contribution in [3.05, 3.63) is 0 Å². The van der Waals surface area contributed by atoms with Crippen molar-refractivity contribution in [2.24, 2.45) is 5.16 Å². The maximum absolute atomic E-state index is 11.6. The summed E-state index contributed by atoms with van der Waals surface area (Å²) in [5.74, 6) is 1.65. The Balaban J connectivity index is 5.38. The molecule has 0 aromatic carbocycles. The summed E-state index contributed by atoms with van der Waals surface area (Å²) in [6.07, 6.45) is 5.32. The molecule has 0 amide bonds. The SMILES string of the molecule is C#C/C(=N\O[Si](C(C)C)(C(C)C)C(C)C)C(=O)OCC. The highest BCUT2D eigenvalue weighted by Crippen LogP contribution is 2.42. The summed E-state index contributed by atoms with van der Waals surface area (Å²) in [5.41, 5.74) is 1.01. The molecule has 0 atom stereocenters. The molecule has 0 heterocycles. The third-order valence-corrected chi connectivity index (χ3v) is 9.43. The molecule has 4 nitrogen and oxygen atoms in total. The average Bonchev–Trinajstić information content (AvgIpc) is 2.33. The van der Waals surface area contributed by atoms with Gasteiger partial charge in [0.05, 0.1) is 6.61 Å². The fourth-order valence-corrected chi connectivity index (χ4v) is 7.64. The first-order valence-corrected chi connectivity index (χ1v) is 9.27. The predicted octanol–water partition coefficient (Wildman–Crippen LogP) is 3.73. The van der Waals surface area contributed by atoms with E-state index in [-0.39, 0.29) is 12.3 Å². The van der Waals surface area contributed by atoms with E-state index in [1.165, 1.54) is 0 Å². The first-order valence-electron chi connectivity index (χ1n) is 7.13. The van der Waals surface area contributed by atoms with Crippen molar-refractivity contribution in [1.82, 2.24) is 0 Å². The summed E-state index contributed by atoms with van der Waals surface area (Å²) in [7, 11) is -2.17. The molecule has 5 heteroatoms. The highest BCUT2D eigenvalue weighted by molar-refractivity contribution is 6.77. The lowest BCUT2D eigenvalue weighted by Crippen LogP contribution is -2.46. The molecule has 0 aliphatic heterocycles. The maximum atomic E-state index is 11.6. The van der Waals surface area contributed by atoms with Gasteiger partial charge in [-0.1, -0.05) is 46.7 Å². The van der Waals surface area contributed by atoms with Gasteiger partial charge in [0.15, 0.2) is 0 Å². The van der Waals surface area contributed by atoms with Gasteiger partial charge < -0.3 is 9.26 Å². The van der Waals surface area contributed by atoms with Crippen LogP contribution in [0.5, 0.6) is 0 Å². The second-order valence-corrected chi connectivity index (χ2v) is 11.1. The highest BCUT2D eigenvalue weighted by atomic mass is 28.4. The van der Waals surface area contributed by atoms with Crippen molar-refractivity contribution < 1.29 is 14.1 Å². The average molecular weight is 297 g/mol. The number of carbonyl (C=O) groups excluding carboxylic acids is 1. The standard InChI is InChI=1S/C15H27NO3Si/c1-9-14(15(17)18-10-2)16-19-20(11(3)4,12(5)6)13(7)8/h1,11-13H,10H2,2-8H3/b16-14+. The fourth-order valence-electron chi connectivity index (χ4n) is 2.76. The molecule has 0 aliphatic rings. The van der Waals surface area contributed by atoms with Crippen LogP contribution in [0.15, 0.2) is 5.16 Å². The topological polar surface area (TPSA) is 47.9 Å². The molecule has 0 aromatic heterocycles. The molecule has 0 radical (unpaired) electrons. The predicted molar refractivity (Wildman–Crippen MR) is 85.0 cm³/mol. The minimum atomic E-state index is -2.17. The van der Waals surface area contributed by atoms with E-state index in [1.807, 2.05) is 0 Å². The van der Waals surface area contributed by atoms with Crippen LogP contribution in [0.25, 0.3) is 0 Å². The Labute approximate surface area is 124 Å². The maximum Gasteiger partial charge on any atom is 0.369 e. The van der Waals surface area contributed by atoms with Crippen molar-refractivity contribution in [1.29, 1.82) is 0 Å². The van der Waals surface area contributed by atoms with Crippen LogP contribution in [-0.4, -0.2) is 26.6 Å². The number of nitrogens with zero attached hydrogens (tertiary/aromatic N) is 1. The van der Waals surface area contributed by atoms with Crippen LogP contribution < -0.4 is 0 Å². The van der Waals surface area contributed by atoms with Crippen LogP contribution in [0.4, 0.5) is 0 Å². The first-order chi connectivity index (χ1) is 9.23. The van der Waals surface area contributed by atoms with E-state index in [4.69, 9.17) is 15.7 Å². The Kier molecular flexibility index (Phi) is 7.58. The minimum Gasteiger partial charge on any atom is -0.461 e. The number of carbonyl (C=O) groups is 1. The Hall–Kier alpha value is -1.28. The Morgan fingerprint density at radius 1 is 1.15 bits per heavy atom. The van der Waals surface area contributed by atoms with E-state index in [9.17, 15) is 4.79 Å². The summed E-state index contributed by atoms with van der Waals surface area (Å²) < 4.78 is 10.8. The zero-order valence-corrected chi connectivity index (χ0v) is 14.7. The third kappa shape index (κ3) is 4.10. The van der Waals surface area contributed by atoms with E-state index in [2.05, 4.69) is 52.6 Å². The number of hydrogen-bond acceptors (Lipinski definition) is 4. The third-order valence-electron chi connectivity index (χ3n) is 3.61. The summed E-state index contributed by atoms with van der Waals surface area (Å²) in [6.45, 7) is 14.8. The van der Waals surface area contributed by atoms with Gasteiger partial charge in [-0.2, -0.15) is 0 Å². The minimum absolute atomic E-state index is 0.0920. The Bertz CT molecular complexity index is 373. The van der Waals surface area contributed by atoms with Gasteiger partial charge in [-0.05, 0) is 29.5 Å². The normalized spacial score (nSPS) is 12.8. The molecular formula is C15H27NO3Si. The summed E-state index contributed by atoms with van der Waals surface area (Å²) >= 11 is 0. The lowest BCUT2D eigenvalue weighted by atomic mass is 10.4. The zero-order chi connectivity index (χ0) is 15.9. The second kappa shape index (κ2) is 8.10. The molecule has 0 spiro atoms.